The molecule has 92 valence electrons. The van der Waals surface area contributed by atoms with Crippen LogP contribution < -0.4 is 5.73 Å². The molecule has 0 spiro atoms. The van der Waals surface area contributed by atoms with Gasteiger partial charge >= 0.3 is 0 Å². The normalized spacial score (nSPS) is 22.3. The second kappa shape index (κ2) is 4.35. The Balaban J connectivity index is 2.07. The van der Waals surface area contributed by atoms with Crippen molar-refractivity contribution in [2.75, 3.05) is 19.3 Å². The quantitative estimate of drug-likeness (QED) is 0.817. The monoisotopic (exact) mass is 236 g/mol. The Kier molecular flexibility index (Phi) is 3.05. The highest BCUT2D eigenvalue weighted by Crippen LogP contribution is 2.38. The van der Waals surface area contributed by atoms with E-state index >= 15 is 0 Å². The third-order valence-corrected chi connectivity index (χ3v) is 3.30. The smallest absolute Gasteiger partial charge is 0.253 e. The van der Waals surface area contributed by atoms with Crippen LogP contribution in [0.5, 0.6) is 0 Å². The van der Waals surface area contributed by atoms with E-state index in [2.05, 4.69) is 6.92 Å². The molecule has 2 unspecified atom stereocenters. The number of anilines is 1. The van der Waals surface area contributed by atoms with E-state index in [0.29, 0.717) is 17.4 Å². The summed E-state index contributed by atoms with van der Waals surface area (Å²) in [5.74, 6) is 0.648. The molecule has 0 aliphatic heterocycles. The average molecular weight is 236 g/mol. The van der Waals surface area contributed by atoms with Crippen LogP contribution in [0.1, 0.15) is 23.7 Å². The van der Waals surface area contributed by atoms with Crippen LogP contribution in [0.25, 0.3) is 0 Å². The van der Waals surface area contributed by atoms with Gasteiger partial charge in [0, 0.05) is 24.8 Å². The second-order valence-corrected chi connectivity index (χ2v) is 4.93. The van der Waals surface area contributed by atoms with Gasteiger partial charge < -0.3 is 10.6 Å². The number of nitrogens with zero attached hydrogens (tertiary/aromatic N) is 1. The van der Waals surface area contributed by atoms with Crippen LogP contribution in [0.3, 0.4) is 0 Å². The molecule has 2 N–H and O–H groups in total. The van der Waals surface area contributed by atoms with Crippen LogP contribution in [0, 0.1) is 17.7 Å². The van der Waals surface area contributed by atoms with Gasteiger partial charge in [0.2, 0.25) is 0 Å². The standard InChI is InChI=1S/C13H17FN2O/c1-8-3-10(8)7-16(2)13(17)9-4-11(14)6-12(15)5-9/h4-6,8,10H,3,7,15H2,1-2H3. The number of nitrogens with two attached hydrogens (primary N) is 1. The van der Waals surface area contributed by atoms with Crippen molar-refractivity contribution in [3.8, 4) is 0 Å². The van der Waals surface area contributed by atoms with Crippen molar-refractivity contribution in [3.05, 3.63) is 29.6 Å². The largest absolute Gasteiger partial charge is 0.399 e. The number of carbonyl (C=O) groups is 1. The number of hydrogen-bond donors (Lipinski definition) is 1. The fourth-order valence-electron chi connectivity index (χ4n) is 2.04. The second-order valence-electron chi connectivity index (χ2n) is 4.93. The van der Waals surface area contributed by atoms with Gasteiger partial charge in [0.1, 0.15) is 5.82 Å². The minimum Gasteiger partial charge on any atom is -0.399 e. The predicted molar refractivity (Wildman–Crippen MR) is 65.0 cm³/mol. The molecule has 1 amide bonds. The summed E-state index contributed by atoms with van der Waals surface area (Å²) in [5.41, 5.74) is 6.12. The zero-order chi connectivity index (χ0) is 12.6. The molecule has 0 radical (unpaired) electrons. The first-order valence-electron chi connectivity index (χ1n) is 5.79. The van der Waals surface area contributed by atoms with Crippen molar-refractivity contribution >= 4 is 11.6 Å². The lowest BCUT2D eigenvalue weighted by Crippen LogP contribution is -2.29. The van der Waals surface area contributed by atoms with Crippen LogP contribution >= 0.6 is 0 Å². The van der Waals surface area contributed by atoms with E-state index in [1.165, 1.54) is 24.6 Å². The molecule has 1 aliphatic rings. The fraction of sp³-hybridized carbons (Fsp3) is 0.462. The average Bonchev–Trinajstić information content (AvgIpc) is 2.91. The molecule has 1 saturated carbocycles. The van der Waals surface area contributed by atoms with Crippen LogP contribution in [-0.4, -0.2) is 24.4 Å². The molecule has 0 heterocycles. The maximum Gasteiger partial charge on any atom is 0.253 e. The fourth-order valence-corrected chi connectivity index (χ4v) is 2.04. The lowest BCUT2D eigenvalue weighted by atomic mass is 10.1. The molecule has 4 heteroatoms. The van der Waals surface area contributed by atoms with Crippen molar-refractivity contribution < 1.29 is 9.18 Å². The van der Waals surface area contributed by atoms with E-state index in [1.54, 1.807) is 11.9 Å². The maximum atomic E-state index is 13.1. The van der Waals surface area contributed by atoms with Gasteiger partial charge in [-0.2, -0.15) is 0 Å². The summed E-state index contributed by atoms with van der Waals surface area (Å²) < 4.78 is 13.1. The molecule has 2 atom stereocenters. The van der Waals surface area contributed by atoms with Gasteiger partial charge in [0.15, 0.2) is 0 Å². The topological polar surface area (TPSA) is 46.3 Å². The van der Waals surface area contributed by atoms with E-state index < -0.39 is 5.82 Å². The molecule has 1 aromatic carbocycles. The Hall–Kier alpha value is -1.58. The number of carbonyl (C=O) groups excluding carboxylic acids is 1. The van der Waals surface area contributed by atoms with Gasteiger partial charge in [-0.3, -0.25) is 4.79 Å². The molecule has 17 heavy (non-hydrogen) atoms. The SMILES string of the molecule is CC1CC1CN(C)C(=O)c1cc(N)cc(F)c1. The van der Waals surface area contributed by atoms with E-state index in [1.807, 2.05) is 0 Å². The molecular formula is C13H17FN2O. The van der Waals surface area contributed by atoms with E-state index in [9.17, 15) is 9.18 Å². The van der Waals surface area contributed by atoms with E-state index in [4.69, 9.17) is 5.73 Å². The van der Waals surface area contributed by atoms with Crippen molar-refractivity contribution in [3.63, 3.8) is 0 Å². The number of amides is 1. The van der Waals surface area contributed by atoms with Gasteiger partial charge in [0.05, 0.1) is 0 Å². The van der Waals surface area contributed by atoms with E-state index in [-0.39, 0.29) is 11.6 Å². The lowest BCUT2D eigenvalue weighted by molar-refractivity contribution is 0.0786. The van der Waals surface area contributed by atoms with Gasteiger partial charge in [-0.1, -0.05) is 6.92 Å². The van der Waals surface area contributed by atoms with Crippen LogP contribution in [0.2, 0.25) is 0 Å². The van der Waals surface area contributed by atoms with Crippen molar-refractivity contribution in [1.82, 2.24) is 4.90 Å². The molecule has 1 fully saturated rings. The highest BCUT2D eigenvalue weighted by atomic mass is 19.1. The summed E-state index contributed by atoms with van der Waals surface area (Å²) in [7, 11) is 1.74. The molecule has 0 aromatic heterocycles. The van der Waals surface area contributed by atoms with Crippen LogP contribution in [-0.2, 0) is 0 Å². The number of hydrogen-bond acceptors (Lipinski definition) is 2. The van der Waals surface area contributed by atoms with Gasteiger partial charge in [0.25, 0.3) is 5.91 Å². The number of nitrogen functional groups attached to an aromatic ring is 1. The Morgan fingerprint density at radius 2 is 2.18 bits per heavy atom. The molecule has 1 aliphatic carbocycles. The number of benzene rings is 1. The summed E-state index contributed by atoms with van der Waals surface area (Å²) in [6.45, 7) is 2.90. The Bertz CT molecular complexity index is 427. The molecule has 0 saturated heterocycles. The minimum atomic E-state index is -0.471. The minimum absolute atomic E-state index is 0.171. The van der Waals surface area contributed by atoms with Gasteiger partial charge in [-0.05, 0) is 36.5 Å². The Labute approximate surface area is 100 Å². The summed E-state index contributed by atoms with van der Waals surface area (Å²) in [6.07, 6.45) is 1.17. The number of halogens is 1. The first kappa shape index (κ1) is 11.9. The maximum absolute atomic E-state index is 13.1. The zero-order valence-corrected chi connectivity index (χ0v) is 10.1. The molecule has 0 bridgehead atoms. The molecule has 3 nitrogen and oxygen atoms in total. The highest BCUT2D eigenvalue weighted by Gasteiger charge is 2.34. The van der Waals surface area contributed by atoms with Gasteiger partial charge in [-0.15, -0.1) is 0 Å². The summed E-state index contributed by atoms with van der Waals surface area (Å²) >= 11 is 0. The highest BCUT2D eigenvalue weighted by molar-refractivity contribution is 5.94. The summed E-state index contributed by atoms with van der Waals surface area (Å²) in [4.78, 5) is 13.7. The Morgan fingerprint density at radius 1 is 1.53 bits per heavy atom. The first-order chi connectivity index (χ1) is 7.97. The lowest BCUT2D eigenvalue weighted by Gasteiger charge is -2.17. The molecule has 2 rings (SSSR count). The predicted octanol–water partition coefficient (Wildman–Crippen LogP) is 2.14. The third-order valence-electron chi connectivity index (χ3n) is 3.30. The third kappa shape index (κ3) is 2.75. The van der Waals surface area contributed by atoms with Crippen molar-refractivity contribution in [2.24, 2.45) is 11.8 Å². The van der Waals surface area contributed by atoms with Crippen LogP contribution in [0.4, 0.5) is 10.1 Å². The number of rotatable bonds is 3. The summed E-state index contributed by atoms with van der Waals surface area (Å²) in [5, 5.41) is 0. The first-order valence-corrected chi connectivity index (χ1v) is 5.79. The summed E-state index contributed by atoms with van der Waals surface area (Å²) in [6, 6.07) is 3.95. The Morgan fingerprint density at radius 3 is 2.71 bits per heavy atom. The van der Waals surface area contributed by atoms with E-state index in [0.717, 1.165) is 6.54 Å². The zero-order valence-electron chi connectivity index (χ0n) is 10.1. The van der Waals surface area contributed by atoms with Gasteiger partial charge in [-0.25, -0.2) is 4.39 Å². The molecule has 1 aromatic rings. The molecular weight excluding hydrogens is 219 g/mol. The van der Waals surface area contributed by atoms with Crippen LogP contribution in [0.15, 0.2) is 18.2 Å². The van der Waals surface area contributed by atoms with Crippen molar-refractivity contribution in [1.29, 1.82) is 0 Å². The van der Waals surface area contributed by atoms with Crippen molar-refractivity contribution in [2.45, 2.75) is 13.3 Å².